The predicted molar refractivity (Wildman–Crippen MR) is 61.3 cm³/mol. The summed E-state index contributed by atoms with van der Waals surface area (Å²) < 4.78 is 0. The van der Waals surface area contributed by atoms with Gasteiger partial charge in [-0.05, 0) is 37.5 Å². The van der Waals surface area contributed by atoms with E-state index in [1.807, 2.05) is 0 Å². The van der Waals surface area contributed by atoms with Crippen LogP contribution in [0.1, 0.15) is 65.2 Å². The van der Waals surface area contributed by atoms with Gasteiger partial charge in [0, 0.05) is 0 Å². The van der Waals surface area contributed by atoms with Crippen LogP contribution in [-0.4, -0.2) is 11.2 Å². The van der Waals surface area contributed by atoms with E-state index in [9.17, 15) is 5.11 Å². The Kier molecular flexibility index (Phi) is 5.54. The van der Waals surface area contributed by atoms with Crippen LogP contribution < -0.4 is 0 Å². The number of aliphatic hydroxyl groups excluding tert-OH is 1. The quantitative estimate of drug-likeness (QED) is 0.682. The smallest absolute Gasteiger partial charge is 0.0568 e. The highest BCUT2D eigenvalue weighted by molar-refractivity contribution is 4.72. The van der Waals surface area contributed by atoms with Gasteiger partial charge in [0.15, 0.2) is 0 Å². The lowest BCUT2D eigenvalue weighted by atomic mass is 9.90. The zero-order valence-electron chi connectivity index (χ0n) is 9.84. The van der Waals surface area contributed by atoms with Gasteiger partial charge in [0.1, 0.15) is 0 Å². The van der Waals surface area contributed by atoms with Crippen molar-refractivity contribution in [2.75, 3.05) is 0 Å². The van der Waals surface area contributed by atoms with E-state index in [0.717, 1.165) is 12.3 Å². The number of hydrogen-bond donors (Lipinski definition) is 1. The van der Waals surface area contributed by atoms with E-state index >= 15 is 0 Å². The molecule has 0 aromatic carbocycles. The molecule has 0 heterocycles. The molecule has 84 valence electrons. The van der Waals surface area contributed by atoms with Gasteiger partial charge >= 0.3 is 0 Å². The lowest BCUT2D eigenvalue weighted by Crippen LogP contribution is -2.20. The zero-order chi connectivity index (χ0) is 10.4. The van der Waals surface area contributed by atoms with Gasteiger partial charge in [0.25, 0.3) is 0 Å². The Morgan fingerprint density at radius 2 is 1.57 bits per heavy atom. The molecule has 0 spiro atoms. The van der Waals surface area contributed by atoms with Gasteiger partial charge in [-0.2, -0.15) is 0 Å². The normalized spacial score (nSPS) is 22.3. The summed E-state index contributed by atoms with van der Waals surface area (Å²) in [7, 11) is 0. The molecule has 0 bridgehead atoms. The van der Waals surface area contributed by atoms with Gasteiger partial charge < -0.3 is 5.11 Å². The number of rotatable bonds is 4. The monoisotopic (exact) mass is 198 g/mol. The molecule has 1 rings (SSSR count). The minimum absolute atomic E-state index is 0.0181. The fraction of sp³-hybridized carbons (Fsp3) is 1.00. The number of aliphatic hydroxyl groups is 1. The van der Waals surface area contributed by atoms with Gasteiger partial charge in [0.2, 0.25) is 0 Å². The van der Waals surface area contributed by atoms with Gasteiger partial charge in [-0.25, -0.2) is 0 Å². The van der Waals surface area contributed by atoms with Crippen molar-refractivity contribution < 1.29 is 5.11 Å². The van der Waals surface area contributed by atoms with Crippen LogP contribution in [0.5, 0.6) is 0 Å². The Morgan fingerprint density at radius 3 is 2.07 bits per heavy atom. The molecule has 0 radical (unpaired) electrons. The summed E-state index contributed by atoms with van der Waals surface area (Å²) in [5, 5.41) is 10.0. The summed E-state index contributed by atoms with van der Waals surface area (Å²) in [6, 6.07) is 0. The van der Waals surface area contributed by atoms with Gasteiger partial charge in [0.05, 0.1) is 6.10 Å². The molecule has 1 fully saturated rings. The first-order chi connectivity index (χ1) is 6.70. The van der Waals surface area contributed by atoms with Crippen LogP contribution in [0.3, 0.4) is 0 Å². The molecular weight excluding hydrogens is 172 g/mol. The average molecular weight is 198 g/mol. The predicted octanol–water partition coefficient (Wildman–Crippen LogP) is 3.75. The van der Waals surface area contributed by atoms with Crippen molar-refractivity contribution in [2.45, 2.75) is 71.3 Å². The Balaban J connectivity index is 2.23. The molecule has 1 atom stereocenters. The summed E-state index contributed by atoms with van der Waals surface area (Å²) >= 11 is 0. The van der Waals surface area contributed by atoms with Crippen molar-refractivity contribution >= 4 is 0 Å². The minimum Gasteiger partial charge on any atom is -0.393 e. The highest BCUT2D eigenvalue weighted by Gasteiger charge is 2.20. The lowest BCUT2D eigenvalue weighted by Gasteiger charge is -2.21. The fourth-order valence-corrected chi connectivity index (χ4v) is 2.44. The van der Waals surface area contributed by atoms with Crippen LogP contribution in [0, 0.1) is 11.8 Å². The molecule has 0 aliphatic heterocycles. The van der Waals surface area contributed by atoms with Crippen molar-refractivity contribution in [1.29, 1.82) is 0 Å². The Hall–Kier alpha value is -0.0400. The van der Waals surface area contributed by atoms with E-state index in [0.29, 0.717) is 5.92 Å². The molecule has 1 heteroatoms. The first-order valence-electron chi connectivity index (χ1n) is 6.38. The lowest BCUT2D eigenvalue weighted by molar-refractivity contribution is 0.0847. The van der Waals surface area contributed by atoms with Crippen molar-refractivity contribution in [1.82, 2.24) is 0 Å². The second-order valence-electron chi connectivity index (χ2n) is 5.29. The standard InChI is InChI=1S/C13H26O/c1-11(2)9-10-13(14)12-7-5-3-4-6-8-12/h11-14H,3-10H2,1-2H3. The fourth-order valence-electron chi connectivity index (χ4n) is 2.44. The van der Waals surface area contributed by atoms with E-state index < -0.39 is 0 Å². The minimum atomic E-state index is -0.0181. The van der Waals surface area contributed by atoms with Gasteiger partial charge in [-0.1, -0.05) is 39.5 Å². The van der Waals surface area contributed by atoms with Crippen LogP contribution in [0.15, 0.2) is 0 Å². The Bertz CT molecular complexity index is 134. The molecule has 1 aliphatic rings. The molecule has 1 unspecified atom stereocenters. The molecule has 1 nitrogen and oxygen atoms in total. The van der Waals surface area contributed by atoms with E-state index in [-0.39, 0.29) is 6.10 Å². The molecule has 1 aliphatic carbocycles. The van der Waals surface area contributed by atoms with Gasteiger partial charge in [-0.3, -0.25) is 0 Å². The first kappa shape index (κ1) is 12.0. The second kappa shape index (κ2) is 6.44. The van der Waals surface area contributed by atoms with Gasteiger partial charge in [-0.15, -0.1) is 0 Å². The summed E-state index contributed by atoms with van der Waals surface area (Å²) in [6.45, 7) is 4.47. The van der Waals surface area contributed by atoms with E-state index in [4.69, 9.17) is 0 Å². The highest BCUT2D eigenvalue weighted by atomic mass is 16.3. The van der Waals surface area contributed by atoms with Crippen LogP contribution >= 0.6 is 0 Å². The van der Waals surface area contributed by atoms with Crippen LogP contribution in [0.25, 0.3) is 0 Å². The first-order valence-corrected chi connectivity index (χ1v) is 6.38. The molecule has 1 saturated carbocycles. The maximum absolute atomic E-state index is 10.0. The van der Waals surface area contributed by atoms with E-state index in [1.165, 1.54) is 44.9 Å². The van der Waals surface area contributed by atoms with Crippen LogP contribution in [0.2, 0.25) is 0 Å². The van der Waals surface area contributed by atoms with Crippen molar-refractivity contribution in [3.05, 3.63) is 0 Å². The molecule has 0 aromatic heterocycles. The third-order valence-electron chi connectivity index (χ3n) is 3.48. The third-order valence-corrected chi connectivity index (χ3v) is 3.48. The van der Waals surface area contributed by atoms with Crippen LogP contribution in [-0.2, 0) is 0 Å². The molecule has 0 saturated heterocycles. The maximum Gasteiger partial charge on any atom is 0.0568 e. The Morgan fingerprint density at radius 1 is 1.00 bits per heavy atom. The topological polar surface area (TPSA) is 20.2 Å². The van der Waals surface area contributed by atoms with E-state index in [1.54, 1.807) is 0 Å². The van der Waals surface area contributed by atoms with Crippen molar-refractivity contribution in [3.63, 3.8) is 0 Å². The molecule has 0 aromatic rings. The van der Waals surface area contributed by atoms with Crippen LogP contribution in [0.4, 0.5) is 0 Å². The van der Waals surface area contributed by atoms with E-state index in [2.05, 4.69) is 13.8 Å². The SMILES string of the molecule is CC(C)CCC(O)C1CCCCCC1. The maximum atomic E-state index is 10.0. The average Bonchev–Trinajstić information content (AvgIpc) is 2.42. The summed E-state index contributed by atoms with van der Waals surface area (Å²) in [4.78, 5) is 0. The highest BCUT2D eigenvalue weighted by Crippen LogP contribution is 2.27. The molecular formula is C13H26O. The molecule has 1 N–H and O–H groups in total. The molecule has 0 amide bonds. The second-order valence-corrected chi connectivity index (χ2v) is 5.29. The summed E-state index contributed by atoms with van der Waals surface area (Å²) in [5.41, 5.74) is 0. The summed E-state index contributed by atoms with van der Waals surface area (Å²) in [5.74, 6) is 1.34. The van der Waals surface area contributed by atoms with Crippen molar-refractivity contribution in [2.24, 2.45) is 11.8 Å². The summed E-state index contributed by atoms with van der Waals surface area (Å²) in [6.07, 6.45) is 10.1. The molecule has 14 heavy (non-hydrogen) atoms. The zero-order valence-corrected chi connectivity index (χ0v) is 9.84. The number of hydrogen-bond acceptors (Lipinski definition) is 1. The third kappa shape index (κ3) is 4.45. The van der Waals surface area contributed by atoms with Crippen molar-refractivity contribution in [3.8, 4) is 0 Å². The Labute approximate surface area is 88.9 Å². The largest absolute Gasteiger partial charge is 0.393 e.